The molecule has 2 N–H and O–H groups in total. The maximum Gasteiger partial charge on any atom is 0.319 e. The molecule has 1 spiro atoms. The van der Waals surface area contributed by atoms with E-state index >= 15 is 0 Å². The van der Waals surface area contributed by atoms with Gasteiger partial charge in [-0.15, -0.1) is 0 Å². The van der Waals surface area contributed by atoms with Crippen molar-refractivity contribution in [3.8, 4) is 0 Å². The number of nitrogens with one attached hydrogen (secondary N) is 2. The normalized spacial score (nSPS) is 25.1. The van der Waals surface area contributed by atoms with Crippen molar-refractivity contribution in [2.24, 2.45) is 12.5 Å². The van der Waals surface area contributed by atoms with Gasteiger partial charge in [-0.2, -0.15) is 0 Å². The first-order chi connectivity index (χ1) is 11.1. The monoisotopic (exact) mass is 319 g/mol. The van der Waals surface area contributed by atoms with Crippen LogP contribution in [0.15, 0.2) is 23.1 Å². The van der Waals surface area contributed by atoms with Crippen molar-refractivity contribution in [1.82, 2.24) is 9.88 Å². The van der Waals surface area contributed by atoms with Gasteiger partial charge in [-0.25, -0.2) is 4.79 Å². The Bertz CT molecular complexity index is 634. The summed E-state index contributed by atoms with van der Waals surface area (Å²) >= 11 is 0. The molecular formula is C17H25N3O3. The number of aromatic nitrogens is 1. The first-order valence-electron chi connectivity index (χ1n) is 8.41. The lowest BCUT2D eigenvalue weighted by atomic mass is 9.60. The summed E-state index contributed by atoms with van der Waals surface area (Å²) in [6, 6.07) is 3.19. The van der Waals surface area contributed by atoms with Gasteiger partial charge in [-0.3, -0.25) is 4.79 Å². The molecule has 0 aliphatic heterocycles. The number of ether oxygens (including phenoxy) is 1. The summed E-state index contributed by atoms with van der Waals surface area (Å²) in [6.45, 7) is 2.73. The highest BCUT2D eigenvalue weighted by Crippen LogP contribution is 2.54. The molecule has 2 aliphatic rings. The van der Waals surface area contributed by atoms with Crippen molar-refractivity contribution in [3.05, 3.63) is 28.7 Å². The van der Waals surface area contributed by atoms with E-state index in [9.17, 15) is 9.59 Å². The summed E-state index contributed by atoms with van der Waals surface area (Å²) in [7, 11) is 1.66. The Balaban J connectivity index is 1.64. The number of urea groups is 1. The second kappa shape index (κ2) is 6.35. The molecule has 126 valence electrons. The largest absolute Gasteiger partial charge is 0.378 e. The maximum atomic E-state index is 12.3. The van der Waals surface area contributed by atoms with E-state index < -0.39 is 0 Å². The van der Waals surface area contributed by atoms with Gasteiger partial charge in [0.1, 0.15) is 5.69 Å². The zero-order valence-electron chi connectivity index (χ0n) is 13.8. The van der Waals surface area contributed by atoms with Crippen LogP contribution in [0, 0.1) is 5.41 Å². The van der Waals surface area contributed by atoms with Crippen LogP contribution in [-0.2, 0) is 11.8 Å². The summed E-state index contributed by atoms with van der Waals surface area (Å²) in [5.41, 5.74) is 0.183. The molecule has 2 amide bonds. The van der Waals surface area contributed by atoms with Crippen LogP contribution in [0.5, 0.6) is 0 Å². The number of hydrogen-bond acceptors (Lipinski definition) is 3. The lowest BCUT2D eigenvalue weighted by molar-refractivity contribution is -0.126. The van der Waals surface area contributed by atoms with E-state index in [0.717, 1.165) is 19.3 Å². The minimum Gasteiger partial charge on any atom is -0.378 e. The third kappa shape index (κ3) is 2.87. The SMILES string of the molecule is CCO[C@H]1C[C@@H](NC(=O)Nc2cccn(C)c2=O)C12CCCC2. The number of nitrogens with zero attached hydrogens (tertiary/aromatic N) is 1. The van der Waals surface area contributed by atoms with E-state index in [-0.39, 0.29) is 29.2 Å². The molecule has 3 rings (SSSR count). The van der Waals surface area contributed by atoms with E-state index in [0.29, 0.717) is 12.3 Å². The van der Waals surface area contributed by atoms with E-state index in [1.165, 1.54) is 17.4 Å². The third-order valence-electron chi connectivity index (χ3n) is 5.36. The summed E-state index contributed by atoms with van der Waals surface area (Å²) in [5, 5.41) is 5.73. The zero-order chi connectivity index (χ0) is 16.4. The number of carbonyl (C=O) groups is 1. The van der Waals surface area contributed by atoms with E-state index in [1.54, 1.807) is 25.4 Å². The van der Waals surface area contributed by atoms with Crippen LogP contribution in [0.25, 0.3) is 0 Å². The second-order valence-electron chi connectivity index (χ2n) is 6.61. The van der Waals surface area contributed by atoms with E-state index in [1.807, 2.05) is 6.92 Å². The molecule has 2 saturated carbocycles. The predicted octanol–water partition coefficient (Wildman–Crippen LogP) is 2.24. The van der Waals surface area contributed by atoms with Crippen LogP contribution in [0.1, 0.15) is 39.0 Å². The number of rotatable bonds is 4. The molecule has 1 aromatic heterocycles. The Kier molecular flexibility index (Phi) is 4.43. The first-order valence-corrected chi connectivity index (χ1v) is 8.41. The Hall–Kier alpha value is -1.82. The number of amides is 2. The molecule has 0 radical (unpaired) electrons. The fourth-order valence-electron chi connectivity index (χ4n) is 4.10. The van der Waals surface area contributed by atoms with Gasteiger partial charge >= 0.3 is 6.03 Å². The average Bonchev–Trinajstić information content (AvgIpc) is 3.04. The Morgan fingerprint density at radius 2 is 2.17 bits per heavy atom. The number of anilines is 1. The van der Waals surface area contributed by atoms with Crippen molar-refractivity contribution < 1.29 is 9.53 Å². The molecule has 0 bridgehead atoms. The van der Waals surface area contributed by atoms with Gasteiger partial charge in [0.05, 0.1) is 6.10 Å². The second-order valence-corrected chi connectivity index (χ2v) is 6.61. The molecule has 0 unspecified atom stereocenters. The Labute approximate surface area is 136 Å². The number of carbonyl (C=O) groups excluding carboxylic acids is 1. The molecule has 2 aliphatic carbocycles. The molecule has 2 atom stereocenters. The molecule has 6 nitrogen and oxygen atoms in total. The number of aryl methyl sites for hydroxylation is 1. The average molecular weight is 319 g/mol. The smallest absolute Gasteiger partial charge is 0.319 e. The highest BCUT2D eigenvalue weighted by atomic mass is 16.5. The minimum absolute atomic E-state index is 0.0923. The van der Waals surface area contributed by atoms with Gasteiger partial charge in [-0.05, 0) is 38.3 Å². The van der Waals surface area contributed by atoms with Crippen molar-refractivity contribution in [1.29, 1.82) is 0 Å². The summed E-state index contributed by atoms with van der Waals surface area (Å²) in [6.07, 6.45) is 7.38. The van der Waals surface area contributed by atoms with Crippen LogP contribution in [0.3, 0.4) is 0 Å². The predicted molar refractivity (Wildman–Crippen MR) is 88.6 cm³/mol. The molecular weight excluding hydrogens is 294 g/mol. The minimum atomic E-state index is -0.306. The highest BCUT2D eigenvalue weighted by molar-refractivity contribution is 5.89. The first kappa shape index (κ1) is 16.1. The van der Waals surface area contributed by atoms with Gasteiger partial charge in [0.25, 0.3) is 5.56 Å². The van der Waals surface area contributed by atoms with Crippen molar-refractivity contribution in [2.75, 3.05) is 11.9 Å². The molecule has 1 aromatic rings. The molecule has 6 heteroatoms. The standard InChI is InChI=1S/C17H25N3O3/c1-3-23-14-11-13(17(14)8-4-5-9-17)19-16(22)18-12-7-6-10-20(2)15(12)21/h6-7,10,13-14H,3-5,8-9,11H2,1-2H3,(H2,18,19,22)/t13-,14+/m1/s1. The van der Waals surface area contributed by atoms with E-state index in [4.69, 9.17) is 4.74 Å². The van der Waals surface area contributed by atoms with Crippen LogP contribution < -0.4 is 16.2 Å². The fourth-order valence-corrected chi connectivity index (χ4v) is 4.10. The number of pyridine rings is 1. The molecule has 2 fully saturated rings. The van der Waals surface area contributed by atoms with Crippen LogP contribution in [0.4, 0.5) is 10.5 Å². The van der Waals surface area contributed by atoms with Crippen molar-refractivity contribution >= 4 is 11.7 Å². The molecule has 0 saturated heterocycles. The summed E-state index contributed by atoms with van der Waals surface area (Å²) in [4.78, 5) is 24.2. The zero-order valence-corrected chi connectivity index (χ0v) is 13.8. The topological polar surface area (TPSA) is 72.4 Å². The van der Waals surface area contributed by atoms with Gasteiger partial charge < -0.3 is 19.9 Å². The van der Waals surface area contributed by atoms with Crippen molar-refractivity contribution in [3.63, 3.8) is 0 Å². The van der Waals surface area contributed by atoms with Crippen LogP contribution >= 0.6 is 0 Å². The van der Waals surface area contributed by atoms with Gasteiger partial charge in [0.2, 0.25) is 0 Å². The maximum absolute atomic E-state index is 12.3. The van der Waals surface area contributed by atoms with Crippen LogP contribution in [-0.4, -0.2) is 29.4 Å². The van der Waals surface area contributed by atoms with Gasteiger partial charge in [0, 0.05) is 31.3 Å². The molecule has 1 heterocycles. The van der Waals surface area contributed by atoms with Gasteiger partial charge in [-0.1, -0.05) is 12.8 Å². The fraction of sp³-hybridized carbons (Fsp3) is 0.647. The quantitative estimate of drug-likeness (QED) is 0.894. The summed E-state index contributed by atoms with van der Waals surface area (Å²) in [5.74, 6) is 0. The Morgan fingerprint density at radius 1 is 1.43 bits per heavy atom. The Morgan fingerprint density at radius 3 is 2.87 bits per heavy atom. The van der Waals surface area contributed by atoms with Crippen LogP contribution in [0.2, 0.25) is 0 Å². The third-order valence-corrected chi connectivity index (χ3v) is 5.36. The molecule has 0 aromatic carbocycles. The van der Waals surface area contributed by atoms with E-state index in [2.05, 4.69) is 10.6 Å². The summed E-state index contributed by atoms with van der Waals surface area (Å²) < 4.78 is 7.30. The highest BCUT2D eigenvalue weighted by Gasteiger charge is 2.57. The molecule has 23 heavy (non-hydrogen) atoms. The number of hydrogen-bond donors (Lipinski definition) is 2. The lowest BCUT2D eigenvalue weighted by Crippen LogP contribution is -2.64. The lowest BCUT2D eigenvalue weighted by Gasteiger charge is -2.53. The van der Waals surface area contributed by atoms with Crippen molar-refractivity contribution in [2.45, 2.75) is 51.2 Å². The van der Waals surface area contributed by atoms with Gasteiger partial charge in [0.15, 0.2) is 0 Å².